The number of rotatable bonds is 3. The third-order valence-corrected chi connectivity index (χ3v) is 4.22. The fraction of sp³-hybridized carbons (Fsp3) is 0.333. The minimum absolute atomic E-state index is 0.0420. The van der Waals surface area contributed by atoms with Crippen molar-refractivity contribution in [1.29, 1.82) is 0 Å². The highest BCUT2D eigenvalue weighted by atomic mass is 19.4. The molecular formula is C18H18F3NO4. The van der Waals surface area contributed by atoms with Gasteiger partial charge in [-0.05, 0) is 18.6 Å². The van der Waals surface area contributed by atoms with Crippen molar-refractivity contribution in [3.05, 3.63) is 58.4 Å². The third-order valence-electron chi connectivity index (χ3n) is 4.22. The predicted molar refractivity (Wildman–Crippen MR) is 86.8 cm³/mol. The first-order chi connectivity index (χ1) is 12.1. The van der Waals surface area contributed by atoms with Crippen LogP contribution in [0.25, 0.3) is 0 Å². The Morgan fingerprint density at radius 1 is 1.12 bits per heavy atom. The molecule has 0 amide bonds. The summed E-state index contributed by atoms with van der Waals surface area (Å²) >= 11 is 0. The average Bonchev–Trinajstić information content (AvgIpc) is 2.61. The molecule has 5 nitrogen and oxygen atoms in total. The van der Waals surface area contributed by atoms with E-state index >= 15 is 0 Å². The van der Waals surface area contributed by atoms with Crippen LogP contribution in [0.3, 0.4) is 0 Å². The van der Waals surface area contributed by atoms with E-state index in [4.69, 9.17) is 9.47 Å². The van der Waals surface area contributed by atoms with Crippen LogP contribution in [0.15, 0.2) is 47.3 Å². The lowest BCUT2D eigenvalue weighted by atomic mass is 9.81. The molecule has 0 spiro atoms. The smallest absolute Gasteiger partial charge is 0.416 e. The molecule has 0 saturated carbocycles. The summed E-state index contributed by atoms with van der Waals surface area (Å²) in [5, 5.41) is 0. The normalized spacial score (nSPS) is 17.7. The number of methoxy groups -OCH3 is 2. The fourth-order valence-electron chi connectivity index (χ4n) is 2.84. The van der Waals surface area contributed by atoms with E-state index in [-0.39, 0.29) is 16.7 Å². The summed E-state index contributed by atoms with van der Waals surface area (Å²) < 4.78 is 48.8. The van der Waals surface area contributed by atoms with Crippen molar-refractivity contribution in [3.8, 4) is 0 Å². The van der Waals surface area contributed by atoms with E-state index in [0.29, 0.717) is 5.70 Å². The van der Waals surface area contributed by atoms with Crippen LogP contribution in [-0.4, -0.2) is 38.1 Å². The van der Waals surface area contributed by atoms with Gasteiger partial charge in [0.15, 0.2) is 0 Å². The Morgan fingerprint density at radius 2 is 1.73 bits per heavy atom. The van der Waals surface area contributed by atoms with Crippen LogP contribution >= 0.6 is 0 Å². The Labute approximate surface area is 148 Å². The second-order valence-corrected chi connectivity index (χ2v) is 5.73. The molecule has 1 aliphatic heterocycles. The van der Waals surface area contributed by atoms with Crippen molar-refractivity contribution in [2.75, 3.05) is 21.3 Å². The van der Waals surface area contributed by atoms with Crippen LogP contribution in [0.2, 0.25) is 0 Å². The van der Waals surface area contributed by atoms with E-state index in [0.717, 1.165) is 19.2 Å². The number of carbonyl (C=O) groups excluding carboxylic acids is 2. The van der Waals surface area contributed by atoms with Gasteiger partial charge in [0.25, 0.3) is 0 Å². The molecule has 1 unspecified atom stereocenters. The molecule has 0 radical (unpaired) electrons. The Kier molecular flexibility index (Phi) is 5.44. The monoisotopic (exact) mass is 369 g/mol. The summed E-state index contributed by atoms with van der Waals surface area (Å²) in [6, 6.07) is 4.51. The Hall–Kier alpha value is -2.77. The number of alkyl halides is 3. The third kappa shape index (κ3) is 3.58. The van der Waals surface area contributed by atoms with E-state index in [9.17, 15) is 22.8 Å². The Bertz CT molecular complexity index is 796. The zero-order valence-electron chi connectivity index (χ0n) is 14.7. The molecule has 8 heteroatoms. The number of esters is 2. The maximum absolute atomic E-state index is 13.1. The summed E-state index contributed by atoms with van der Waals surface area (Å²) in [6.07, 6.45) is -3.11. The molecule has 26 heavy (non-hydrogen) atoms. The van der Waals surface area contributed by atoms with Gasteiger partial charge in [-0.25, -0.2) is 9.59 Å². The van der Waals surface area contributed by atoms with E-state index in [1.54, 1.807) is 14.0 Å². The Balaban J connectivity index is 2.71. The molecule has 1 heterocycles. The largest absolute Gasteiger partial charge is 0.466 e. The van der Waals surface area contributed by atoms with Crippen LogP contribution in [0.1, 0.15) is 24.0 Å². The van der Waals surface area contributed by atoms with Gasteiger partial charge in [0, 0.05) is 18.9 Å². The van der Waals surface area contributed by atoms with Crippen molar-refractivity contribution in [3.63, 3.8) is 0 Å². The molecule has 1 aliphatic rings. The lowest BCUT2D eigenvalue weighted by Gasteiger charge is -2.32. The molecular weight excluding hydrogens is 351 g/mol. The van der Waals surface area contributed by atoms with E-state index < -0.39 is 29.6 Å². The van der Waals surface area contributed by atoms with Crippen molar-refractivity contribution < 1.29 is 32.2 Å². The number of halogens is 3. The van der Waals surface area contributed by atoms with Crippen LogP contribution in [0.4, 0.5) is 13.2 Å². The molecule has 1 atom stereocenters. The summed E-state index contributed by atoms with van der Waals surface area (Å²) in [7, 11) is 3.95. The number of hydrogen-bond acceptors (Lipinski definition) is 5. The molecule has 1 aromatic rings. The predicted octanol–water partition coefficient (Wildman–Crippen LogP) is 3.24. The zero-order chi connectivity index (χ0) is 19.6. The molecule has 140 valence electrons. The molecule has 2 rings (SSSR count). The van der Waals surface area contributed by atoms with Gasteiger partial charge >= 0.3 is 18.1 Å². The number of allylic oxidation sites excluding steroid dienone is 1. The highest BCUT2D eigenvalue weighted by Crippen LogP contribution is 2.41. The lowest BCUT2D eigenvalue weighted by molar-refractivity contribution is -0.138. The molecule has 0 saturated heterocycles. The minimum atomic E-state index is -4.55. The van der Waals surface area contributed by atoms with E-state index in [1.807, 2.05) is 0 Å². The minimum Gasteiger partial charge on any atom is -0.466 e. The maximum Gasteiger partial charge on any atom is 0.416 e. The van der Waals surface area contributed by atoms with Crippen molar-refractivity contribution >= 4 is 11.9 Å². The molecule has 0 aliphatic carbocycles. The van der Waals surface area contributed by atoms with Crippen LogP contribution < -0.4 is 0 Å². The first-order valence-corrected chi connectivity index (χ1v) is 7.61. The number of carbonyl (C=O) groups is 2. The second kappa shape index (κ2) is 7.23. The summed E-state index contributed by atoms with van der Waals surface area (Å²) in [4.78, 5) is 26.1. The van der Waals surface area contributed by atoms with Gasteiger partial charge in [-0.1, -0.05) is 18.2 Å². The van der Waals surface area contributed by atoms with Gasteiger partial charge in [-0.15, -0.1) is 0 Å². The van der Waals surface area contributed by atoms with Crippen LogP contribution in [-0.2, 0) is 25.2 Å². The molecule has 1 aromatic carbocycles. The van der Waals surface area contributed by atoms with Gasteiger partial charge in [-0.3, -0.25) is 0 Å². The number of nitrogens with zero attached hydrogens (tertiary/aromatic N) is 1. The number of ether oxygens (including phenoxy) is 2. The van der Waals surface area contributed by atoms with Crippen molar-refractivity contribution in [2.45, 2.75) is 19.0 Å². The SMILES string of the molecule is COC(=O)C1=CN(C)C(C)=C(C(=O)OC)C1c1cccc(C(F)(F)F)c1. The highest BCUT2D eigenvalue weighted by Gasteiger charge is 2.38. The first-order valence-electron chi connectivity index (χ1n) is 7.61. The van der Waals surface area contributed by atoms with E-state index in [2.05, 4.69) is 0 Å². The average molecular weight is 369 g/mol. The van der Waals surface area contributed by atoms with Gasteiger partial charge in [0.2, 0.25) is 0 Å². The first kappa shape index (κ1) is 19.6. The molecule has 0 fully saturated rings. The van der Waals surface area contributed by atoms with Crippen LogP contribution in [0.5, 0.6) is 0 Å². The summed E-state index contributed by atoms with van der Waals surface area (Å²) in [6.45, 7) is 1.62. The van der Waals surface area contributed by atoms with Gasteiger partial charge < -0.3 is 14.4 Å². The lowest BCUT2D eigenvalue weighted by Crippen LogP contribution is -2.30. The molecule has 0 bridgehead atoms. The van der Waals surface area contributed by atoms with Gasteiger partial charge in [-0.2, -0.15) is 13.2 Å². The number of benzene rings is 1. The number of hydrogen-bond donors (Lipinski definition) is 0. The Morgan fingerprint density at radius 3 is 2.27 bits per heavy atom. The maximum atomic E-state index is 13.1. The van der Waals surface area contributed by atoms with Gasteiger partial charge in [0.05, 0.1) is 36.8 Å². The highest BCUT2D eigenvalue weighted by molar-refractivity contribution is 5.99. The topological polar surface area (TPSA) is 55.8 Å². The standard InChI is InChI=1S/C18H18F3NO4/c1-10-14(17(24)26-4)15(13(9-22(10)2)16(23)25-3)11-6-5-7-12(8-11)18(19,20)21/h5-9,15H,1-4H3. The summed E-state index contributed by atoms with van der Waals surface area (Å²) in [5.41, 5.74) is -0.145. The zero-order valence-corrected chi connectivity index (χ0v) is 14.7. The fourth-order valence-corrected chi connectivity index (χ4v) is 2.84. The van der Waals surface area contributed by atoms with Gasteiger partial charge in [0.1, 0.15) is 0 Å². The summed E-state index contributed by atoms with van der Waals surface area (Å²) in [5.74, 6) is -2.51. The molecule has 0 N–H and O–H groups in total. The molecule has 0 aromatic heterocycles. The van der Waals surface area contributed by atoms with E-state index in [1.165, 1.54) is 30.3 Å². The van der Waals surface area contributed by atoms with Crippen LogP contribution in [0, 0.1) is 0 Å². The quantitative estimate of drug-likeness (QED) is 0.766. The van der Waals surface area contributed by atoms with Crippen molar-refractivity contribution in [2.24, 2.45) is 0 Å². The second-order valence-electron chi connectivity index (χ2n) is 5.73. The van der Waals surface area contributed by atoms with Crippen molar-refractivity contribution in [1.82, 2.24) is 4.90 Å².